The molecular weight excluding hydrogens is 311 g/mol. The van der Waals surface area contributed by atoms with Crippen molar-refractivity contribution in [2.75, 3.05) is 26.3 Å². The minimum Gasteiger partial charge on any atom is -0.427 e. The molecule has 4 atom stereocenters. The van der Waals surface area contributed by atoms with E-state index in [1.54, 1.807) is 0 Å². The molecule has 0 spiro atoms. The van der Waals surface area contributed by atoms with Gasteiger partial charge in [-0.15, -0.1) is 0 Å². The Hall–Kier alpha value is -0.265. The average molecular weight is 336 g/mol. The number of ether oxygens (including phenoxy) is 1. The van der Waals surface area contributed by atoms with Gasteiger partial charge in [-0.25, -0.2) is 0 Å². The Morgan fingerprint density at radius 2 is 1.95 bits per heavy atom. The van der Waals surface area contributed by atoms with Crippen molar-refractivity contribution < 1.29 is 23.2 Å². The zero-order valence-electron chi connectivity index (χ0n) is 12.5. The van der Waals surface area contributed by atoms with E-state index in [-0.39, 0.29) is 37.5 Å². The SMILES string of the molecule is N[C@H]1CN(S(=O)(=O)N[C@H]2COC[C@@H]2N)C[C@@H]1CCCB(O)O. The van der Waals surface area contributed by atoms with Crippen LogP contribution in [0.15, 0.2) is 0 Å². The summed E-state index contributed by atoms with van der Waals surface area (Å²) >= 11 is 0. The standard InChI is InChI=1S/C11H25BN4O5S/c13-9-5-16(4-8(9)2-1-3-12(17)18)22(19,20)15-11-7-21-6-10(11)14/h8-11,15,17-18H,1-7,13-14H2/t8-,9-,10-,11-/m0/s1. The van der Waals surface area contributed by atoms with Crippen LogP contribution >= 0.6 is 0 Å². The molecule has 11 heteroatoms. The van der Waals surface area contributed by atoms with Crippen LogP contribution in [0.3, 0.4) is 0 Å². The van der Waals surface area contributed by atoms with Crippen LogP contribution in [0, 0.1) is 5.92 Å². The summed E-state index contributed by atoms with van der Waals surface area (Å²) in [5, 5.41) is 17.7. The summed E-state index contributed by atoms with van der Waals surface area (Å²) in [5.74, 6) is 0.0174. The van der Waals surface area contributed by atoms with Gasteiger partial charge in [0, 0.05) is 25.2 Å². The number of hydrogen-bond donors (Lipinski definition) is 5. The van der Waals surface area contributed by atoms with E-state index >= 15 is 0 Å². The molecule has 2 aliphatic rings. The molecule has 0 amide bonds. The van der Waals surface area contributed by atoms with Crippen LogP contribution in [0.4, 0.5) is 0 Å². The maximum atomic E-state index is 12.4. The quantitative estimate of drug-likeness (QED) is 0.312. The third-order valence-corrected chi connectivity index (χ3v) is 5.84. The average Bonchev–Trinajstić information content (AvgIpc) is 2.97. The molecule has 0 aromatic rings. The third kappa shape index (κ3) is 4.62. The van der Waals surface area contributed by atoms with E-state index in [0.29, 0.717) is 26.0 Å². The molecule has 0 radical (unpaired) electrons. The van der Waals surface area contributed by atoms with Crippen molar-refractivity contribution in [3.8, 4) is 0 Å². The van der Waals surface area contributed by atoms with Gasteiger partial charge in [-0.2, -0.15) is 17.4 Å². The summed E-state index contributed by atoms with van der Waals surface area (Å²) in [6.07, 6.45) is 1.53. The van der Waals surface area contributed by atoms with Crippen molar-refractivity contribution in [1.29, 1.82) is 0 Å². The molecule has 0 aromatic carbocycles. The molecule has 22 heavy (non-hydrogen) atoms. The van der Waals surface area contributed by atoms with Crippen LogP contribution in [0.5, 0.6) is 0 Å². The van der Waals surface area contributed by atoms with Crippen molar-refractivity contribution in [3.63, 3.8) is 0 Å². The highest BCUT2D eigenvalue weighted by Gasteiger charge is 2.39. The van der Waals surface area contributed by atoms with Gasteiger partial charge >= 0.3 is 7.12 Å². The van der Waals surface area contributed by atoms with Crippen LogP contribution < -0.4 is 16.2 Å². The van der Waals surface area contributed by atoms with Crippen LogP contribution in [-0.4, -0.2) is 74.3 Å². The number of nitrogens with two attached hydrogens (primary N) is 2. The van der Waals surface area contributed by atoms with Gasteiger partial charge < -0.3 is 26.3 Å². The van der Waals surface area contributed by atoms with Crippen molar-refractivity contribution in [3.05, 3.63) is 0 Å². The van der Waals surface area contributed by atoms with Crippen LogP contribution in [-0.2, 0) is 14.9 Å². The first-order valence-electron chi connectivity index (χ1n) is 7.52. The van der Waals surface area contributed by atoms with E-state index < -0.39 is 23.4 Å². The second kappa shape index (κ2) is 7.54. The van der Waals surface area contributed by atoms with Crippen molar-refractivity contribution in [2.45, 2.75) is 37.3 Å². The van der Waals surface area contributed by atoms with Gasteiger partial charge in [0.15, 0.2) is 0 Å². The first-order chi connectivity index (χ1) is 10.3. The normalized spacial score (nSPS) is 33.5. The molecule has 0 aromatic heterocycles. The second-order valence-electron chi connectivity index (χ2n) is 6.08. The molecule has 2 aliphatic heterocycles. The lowest BCUT2D eigenvalue weighted by molar-refractivity contribution is 0.189. The minimum atomic E-state index is -3.64. The number of hydrogen-bond acceptors (Lipinski definition) is 7. The topological polar surface area (TPSA) is 151 Å². The smallest absolute Gasteiger partial charge is 0.427 e. The van der Waals surface area contributed by atoms with E-state index in [4.69, 9.17) is 26.3 Å². The molecule has 7 N–H and O–H groups in total. The lowest BCUT2D eigenvalue weighted by atomic mass is 9.82. The zero-order valence-corrected chi connectivity index (χ0v) is 13.3. The molecule has 0 bridgehead atoms. The van der Waals surface area contributed by atoms with E-state index in [2.05, 4.69) is 4.72 Å². The third-order valence-electron chi connectivity index (χ3n) is 4.26. The first kappa shape index (κ1) is 18.1. The van der Waals surface area contributed by atoms with Crippen LogP contribution in [0.25, 0.3) is 0 Å². The fourth-order valence-electron chi connectivity index (χ4n) is 2.88. The molecule has 2 fully saturated rings. The zero-order chi connectivity index (χ0) is 16.3. The van der Waals surface area contributed by atoms with Crippen molar-refractivity contribution >= 4 is 17.3 Å². The summed E-state index contributed by atoms with van der Waals surface area (Å²) in [4.78, 5) is 0. The van der Waals surface area contributed by atoms with Crippen molar-refractivity contribution in [2.24, 2.45) is 17.4 Å². The van der Waals surface area contributed by atoms with Gasteiger partial charge in [0.2, 0.25) is 0 Å². The molecule has 2 saturated heterocycles. The maximum absolute atomic E-state index is 12.4. The Kier molecular flexibility index (Phi) is 6.19. The van der Waals surface area contributed by atoms with E-state index in [1.807, 2.05) is 0 Å². The van der Waals surface area contributed by atoms with E-state index in [0.717, 1.165) is 0 Å². The molecule has 2 rings (SSSR count). The molecule has 128 valence electrons. The molecular formula is C11H25BN4O5S. The molecule has 2 heterocycles. The highest BCUT2D eigenvalue weighted by Crippen LogP contribution is 2.23. The van der Waals surface area contributed by atoms with E-state index in [9.17, 15) is 8.42 Å². The Bertz CT molecular complexity index is 465. The Morgan fingerprint density at radius 3 is 2.55 bits per heavy atom. The fraction of sp³-hybridized carbons (Fsp3) is 1.00. The van der Waals surface area contributed by atoms with Gasteiger partial charge in [0.25, 0.3) is 10.2 Å². The lowest BCUT2D eigenvalue weighted by Crippen LogP contribution is -2.51. The number of nitrogens with one attached hydrogen (secondary N) is 1. The largest absolute Gasteiger partial charge is 0.451 e. The Balaban J connectivity index is 1.87. The maximum Gasteiger partial charge on any atom is 0.451 e. The summed E-state index contributed by atoms with van der Waals surface area (Å²) in [7, 11) is -4.97. The summed E-state index contributed by atoms with van der Waals surface area (Å²) in [6.45, 7) is 1.21. The van der Waals surface area contributed by atoms with Crippen LogP contribution in [0.2, 0.25) is 6.32 Å². The highest BCUT2D eigenvalue weighted by atomic mass is 32.2. The molecule has 0 aliphatic carbocycles. The fourth-order valence-corrected chi connectivity index (χ4v) is 4.41. The summed E-state index contributed by atoms with van der Waals surface area (Å²) in [5.41, 5.74) is 11.8. The molecule has 9 nitrogen and oxygen atoms in total. The number of nitrogens with zero attached hydrogens (tertiary/aromatic N) is 1. The van der Waals surface area contributed by atoms with Gasteiger partial charge in [0.05, 0.1) is 19.3 Å². The Morgan fingerprint density at radius 1 is 1.23 bits per heavy atom. The second-order valence-corrected chi connectivity index (χ2v) is 7.79. The summed E-state index contributed by atoms with van der Waals surface area (Å²) in [6, 6.07) is -1.00. The van der Waals surface area contributed by atoms with E-state index in [1.165, 1.54) is 4.31 Å². The predicted octanol–water partition coefficient (Wildman–Crippen LogP) is -2.94. The molecule has 0 saturated carbocycles. The minimum absolute atomic E-state index is 0.0174. The van der Waals surface area contributed by atoms with Crippen LogP contribution in [0.1, 0.15) is 12.8 Å². The van der Waals surface area contributed by atoms with Gasteiger partial charge in [-0.3, -0.25) is 0 Å². The monoisotopic (exact) mass is 336 g/mol. The highest BCUT2D eigenvalue weighted by molar-refractivity contribution is 7.87. The van der Waals surface area contributed by atoms with Gasteiger partial charge in [0.1, 0.15) is 0 Å². The predicted molar refractivity (Wildman–Crippen MR) is 81.9 cm³/mol. The first-order valence-corrected chi connectivity index (χ1v) is 8.96. The molecule has 0 unspecified atom stereocenters. The summed E-state index contributed by atoms with van der Waals surface area (Å²) < 4.78 is 33.8. The van der Waals surface area contributed by atoms with Gasteiger partial charge in [-0.05, 0) is 18.7 Å². The number of rotatable bonds is 7. The van der Waals surface area contributed by atoms with Gasteiger partial charge in [-0.1, -0.05) is 6.42 Å². The Labute approximate surface area is 131 Å². The lowest BCUT2D eigenvalue weighted by Gasteiger charge is -2.21. The van der Waals surface area contributed by atoms with Crippen molar-refractivity contribution in [1.82, 2.24) is 9.03 Å².